The van der Waals surface area contributed by atoms with Gasteiger partial charge in [-0.2, -0.15) is 0 Å². The number of hydrogen-bond donors (Lipinski definition) is 3. The smallest absolute Gasteiger partial charge is 0.191 e. The first-order chi connectivity index (χ1) is 11.9. The van der Waals surface area contributed by atoms with Gasteiger partial charge in [0.2, 0.25) is 0 Å². The summed E-state index contributed by atoms with van der Waals surface area (Å²) in [5, 5.41) is 15.2. The van der Waals surface area contributed by atoms with Gasteiger partial charge in [-0.25, -0.2) is 13.2 Å². The maximum atomic E-state index is 13.4. The number of nitrogens with one attached hydrogen (secondary N) is 2. The number of aliphatic hydroxyl groups is 1. The zero-order chi connectivity index (χ0) is 18.4. The summed E-state index contributed by atoms with van der Waals surface area (Å²) in [6.07, 6.45) is 0. The van der Waals surface area contributed by atoms with Crippen molar-refractivity contribution in [2.45, 2.75) is 26.1 Å². The number of hydrogen-bond acceptors (Lipinski definition) is 2. The number of aliphatic hydroxyl groups excluding tert-OH is 1. The predicted octanol–water partition coefficient (Wildman–Crippen LogP) is 3.02. The third-order valence-corrected chi connectivity index (χ3v) is 3.76. The van der Waals surface area contributed by atoms with Crippen molar-refractivity contribution in [3.63, 3.8) is 0 Å². The van der Waals surface area contributed by atoms with Gasteiger partial charge in [0.1, 0.15) is 5.82 Å². The zero-order valence-electron chi connectivity index (χ0n) is 14.0. The summed E-state index contributed by atoms with van der Waals surface area (Å²) in [5.74, 6) is -1.81. The molecule has 0 aliphatic rings. The van der Waals surface area contributed by atoms with E-state index in [1.807, 2.05) is 0 Å². The second kappa shape index (κ2) is 8.53. The third-order valence-electron chi connectivity index (χ3n) is 3.76. The lowest BCUT2D eigenvalue weighted by Crippen LogP contribution is -2.38. The third kappa shape index (κ3) is 4.96. The van der Waals surface area contributed by atoms with E-state index in [1.165, 1.54) is 12.1 Å². The van der Waals surface area contributed by atoms with Gasteiger partial charge in [-0.05, 0) is 42.3 Å². The highest BCUT2D eigenvalue weighted by Gasteiger charge is 2.11. The first kappa shape index (κ1) is 18.8. The van der Waals surface area contributed by atoms with Crippen LogP contribution in [0.4, 0.5) is 13.2 Å². The topological polar surface area (TPSA) is 56.7 Å². The minimum absolute atomic E-state index is 0.220. The first-order valence-corrected chi connectivity index (χ1v) is 7.75. The van der Waals surface area contributed by atoms with Crippen LogP contribution < -0.4 is 10.6 Å². The molecule has 2 aromatic carbocycles. The molecule has 0 bridgehead atoms. The van der Waals surface area contributed by atoms with E-state index in [1.54, 1.807) is 26.1 Å². The molecule has 134 valence electrons. The van der Waals surface area contributed by atoms with Gasteiger partial charge in [0.25, 0.3) is 0 Å². The number of halogens is 3. The molecule has 0 fully saturated rings. The molecule has 1 unspecified atom stereocenters. The summed E-state index contributed by atoms with van der Waals surface area (Å²) in [4.78, 5) is 4.07. The van der Waals surface area contributed by atoms with Crippen molar-refractivity contribution in [3.05, 3.63) is 70.5 Å². The molecule has 0 saturated carbocycles. The van der Waals surface area contributed by atoms with Gasteiger partial charge in [0.15, 0.2) is 17.6 Å². The van der Waals surface area contributed by atoms with Crippen LogP contribution in [0.1, 0.15) is 29.7 Å². The molecule has 0 aliphatic carbocycles. The average Bonchev–Trinajstić information content (AvgIpc) is 2.61. The molecule has 2 rings (SSSR count). The molecule has 4 nitrogen and oxygen atoms in total. The van der Waals surface area contributed by atoms with Crippen LogP contribution in [0.15, 0.2) is 41.4 Å². The van der Waals surface area contributed by atoms with Crippen molar-refractivity contribution >= 4 is 5.96 Å². The predicted molar refractivity (Wildman–Crippen MR) is 90.4 cm³/mol. The van der Waals surface area contributed by atoms with Crippen LogP contribution >= 0.6 is 0 Å². The number of guanidine groups is 1. The molecule has 0 radical (unpaired) electrons. The van der Waals surface area contributed by atoms with Crippen LogP contribution in [-0.4, -0.2) is 18.1 Å². The number of aliphatic imine (C=N–C) groups is 1. The monoisotopic (exact) mass is 351 g/mol. The fourth-order valence-corrected chi connectivity index (χ4v) is 2.31. The Morgan fingerprint density at radius 3 is 2.44 bits per heavy atom. The minimum atomic E-state index is -0.906. The van der Waals surface area contributed by atoms with E-state index in [4.69, 9.17) is 5.11 Å². The number of benzene rings is 2. The van der Waals surface area contributed by atoms with Gasteiger partial charge in [0, 0.05) is 19.2 Å². The van der Waals surface area contributed by atoms with E-state index in [0.29, 0.717) is 18.1 Å². The van der Waals surface area contributed by atoms with E-state index in [0.717, 1.165) is 17.7 Å². The second-order valence-electron chi connectivity index (χ2n) is 5.55. The molecular weight excluding hydrogens is 331 g/mol. The fourth-order valence-electron chi connectivity index (χ4n) is 2.31. The molecule has 3 N–H and O–H groups in total. The molecule has 0 heterocycles. The number of nitrogens with zero attached hydrogens (tertiary/aromatic N) is 1. The summed E-state index contributed by atoms with van der Waals surface area (Å²) in [6, 6.07) is 7.87. The molecule has 7 heteroatoms. The van der Waals surface area contributed by atoms with Crippen LogP contribution in [0.2, 0.25) is 0 Å². The Labute approximate surface area is 144 Å². The van der Waals surface area contributed by atoms with Crippen LogP contribution in [0.3, 0.4) is 0 Å². The summed E-state index contributed by atoms with van der Waals surface area (Å²) < 4.78 is 39.7. The maximum Gasteiger partial charge on any atom is 0.191 e. The molecular formula is C18H20F3N3O. The van der Waals surface area contributed by atoms with Gasteiger partial charge in [0.05, 0.1) is 12.6 Å². The highest BCUT2D eigenvalue weighted by Crippen LogP contribution is 2.16. The second-order valence-corrected chi connectivity index (χ2v) is 5.55. The van der Waals surface area contributed by atoms with Gasteiger partial charge >= 0.3 is 0 Å². The standard InChI is InChI=1S/C18H20F3N3O/c1-11(13-4-6-16(20)17(21)8-13)24-18(22-2)23-9-12-3-5-15(19)14(7-12)10-25/h3-8,11,25H,9-10H2,1-2H3,(H2,22,23,24). The zero-order valence-corrected chi connectivity index (χ0v) is 14.0. The highest BCUT2D eigenvalue weighted by atomic mass is 19.2. The highest BCUT2D eigenvalue weighted by molar-refractivity contribution is 5.80. The van der Waals surface area contributed by atoms with E-state index in [-0.39, 0.29) is 18.2 Å². The molecule has 25 heavy (non-hydrogen) atoms. The lowest BCUT2D eigenvalue weighted by Gasteiger charge is -2.18. The molecule has 1 atom stereocenters. The molecule has 0 spiro atoms. The van der Waals surface area contributed by atoms with Crippen LogP contribution in [0, 0.1) is 17.5 Å². The molecule has 0 amide bonds. The summed E-state index contributed by atoms with van der Waals surface area (Å²) in [6.45, 7) is 1.78. The number of rotatable bonds is 5. The first-order valence-electron chi connectivity index (χ1n) is 7.75. The fraction of sp³-hybridized carbons (Fsp3) is 0.278. The van der Waals surface area contributed by atoms with Gasteiger partial charge < -0.3 is 15.7 Å². The van der Waals surface area contributed by atoms with Crippen molar-refractivity contribution in [2.24, 2.45) is 4.99 Å². The quantitative estimate of drug-likeness (QED) is 0.573. The molecule has 2 aromatic rings. The van der Waals surface area contributed by atoms with Crippen molar-refractivity contribution in [1.29, 1.82) is 0 Å². The molecule has 0 aliphatic heterocycles. The lowest BCUT2D eigenvalue weighted by atomic mass is 10.1. The van der Waals surface area contributed by atoms with Crippen molar-refractivity contribution < 1.29 is 18.3 Å². The summed E-state index contributed by atoms with van der Waals surface area (Å²) in [7, 11) is 1.58. The molecule has 0 aromatic heterocycles. The van der Waals surface area contributed by atoms with Gasteiger partial charge in [-0.1, -0.05) is 12.1 Å². The molecule has 0 saturated heterocycles. The van der Waals surface area contributed by atoms with Crippen molar-refractivity contribution in [3.8, 4) is 0 Å². The SMILES string of the molecule is CN=C(NCc1ccc(F)c(CO)c1)NC(C)c1ccc(F)c(F)c1. The van der Waals surface area contributed by atoms with E-state index < -0.39 is 17.5 Å². The average molecular weight is 351 g/mol. The minimum Gasteiger partial charge on any atom is -0.392 e. The van der Waals surface area contributed by atoms with Gasteiger partial charge in [-0.3, -0.25) is 4.99 Å². The Kier molecular flexibility index (Phi) is 6.41. The largest absolute Gasteiger partial charge is 0.392 e. The Balaban J connectivity index is 1.99. The maximum absolute atomic E-state index is 13.4. The summed E-state index contributed by atoms with van der Waals surface area (Å²) in [5.41, 5.74) is 1.57. The van der Waals surface area contributed by atoms with Crippen LogP contribution in [-0.2, 0) is 13.2 Å². The summed E-state index contributed by atoms with van der Waals surface area (Å²) >= 11 is 0. The Morgan fingerprint density at radius 1 is 1.08 bits per heavy atom. The lowest BCUT2D eigenvalue weighted by molar-refractivity contribution is 0.275. The van der Waals surface area contributed by atoms with Crippen molar-refractivity contribution in [1.82, 2.24) is 10.6 Å². The Morgan fingerprint density at radius 2 is 1.80 bits per heavy atom. The van der Waals surface area contributed by atoms with Crippen LogP contribution in [0.25, 0.3) is 0 Å². The van der Waals surface area contributed by atoms with Gasteiger partial charge in [-0.15, -0.1) is 0 Å². The normalized spacial score (nSPS) is 12.8. The Hall–Kier alpha value is -2.54. The van der Waals surface area contributed by atoms with E-state index >= 15 is 0 Å². The van der Waals surface area contributed by atoms with Crippen molar-refractivity contribution in [2.75, 3.05) is 7.05 Å². The van der Waals surface area contributed by atoms with Crippen LogP contribution in [0.5, 0.6) is 0 Å². The van der Waals surface area contributed by atoms with E-state index in [9.17, 15) is 13.2 Å². The van der Waals surface area contributed by atoms with E-state index in [2.05, 4.69) is 15.6 Å². The Bertz CT molecular complexity index is 765.